The molecule has 3 N–H and O–H groups in total. The summed E-state index contributed by atoms with van der Waals surface area (Å²) in [4.78, 5) is 19.8. The molecule has 2 atom stereocenters. The van der Waals surface area contributed by atoms with Gasteiger partial charge in [-0.25, -0.2) is 13.9 Å². The highest BCUT2D eigenvalue weighted by molar-refractivity contribution is 7.47. The van der Waals surface area contributed by atoms with E-state index >= 15 is 0 Å². The molecule has 1 heterocycles. The molecule has 0 fully saturated rings. The fraction of sp³-hybridized carbons (Fsp3) is 0.125. The Balaban J connectivity index is 2.39. The van der Waals surface area contributed by atoms with Gasteiger partial charge in [-0.1, -0.05) is 12.1 Å². The Morgan fingerprint density at radius 3 is 2.88 bits per heavy atom. The van der Waals surface area contributed by atoms with E-state index < -0.39 is 20.2 Å². The third kappa shape index (κ3) is 2.16. The largest absolute Gasteiger partial charge is 0.530 e. The van der Waals surface area contributed by atoms with Crippen molar-refractivity contribution in [1.82, 2.24) is 0 Å². The molecule has 7 nitrogen and oxygen atoms in total. The second-order valence-electron chi connectivity index (χ2n) is 2.97. The van der Waals surface area contributed by atoms with Crippen molar-refractivity contribution >= 4 is 13.9 Å². The van der Waals surface area contributed by atoms with Crippen molar-refractivity contribution in [2.75, 3.05) is 0 Å². The number of carbonyl (C=O) groups excluding carboxylic acids is 1. The first-order chi connectivity index (χ1) is 7.48. The van der Waals surface area contributed by atoms with E-state index in [1.165, 1.54) is 12.1 Å². The smallest absolute Gasteiger partial charge is 0.415 e. The number of hydrogen-bond acceptors (Lipinski definition) is 5. The molecule has 0 saturated carbocycles. The summed E-state index contributed by atoms with van der Waals surface area (Å²) in [6, 6.07) is 6.22. The number of fused-ring (bicyclic) bond motifs is 1. The van der Waals surface area contributed by atoms with Crippen molar-refractivity contribution in [3.05, 3.63) is 29.8 Å². The summed E-state index contributed by atoms with van der Waals surface area (Å²) in [7, 11) is -4.26. The maximum atomic E-state index is 11.3. The van der Waals surface area contributed by atoms with Gasteiger partial charge in [0.1, 0.15) is 5.75 Å². The highest BCUT2D eigenvalue weighted by Crippen LogP contribution is 2.54. The summed E-state index contributed by atoms with van der Waals surface area (Å²) in [5.41, 5.74) is 5.14. The maximum Gasteiger partial charge on any atom is 0.530 e. The summed E-state index contributed by atoms with van der Waals surface area (Å²) >= 11 is 0. The van der Waals surface area contributed by atoms with Crippen molar-refractivity contribution in [1.29, 1.82) is 0 Å². The van der Waals surface area contributed by atoms with Crippen LogP contribution in [0.15, 0.2) is 24.3 Å². The van der Waals surface area contributed by atoms with Crippen molar-refractivity contribution in [3.63, 3.8) is 0 Å². The Labute approximate surface area is 90.3 Å². The topological polar surface area (TPSA) is 108 Å². The molecule has 1 aromatic carbocycles. The molecule has 1 aliphatic rings. The van der Waals surface area contributed by atoms with Crippen LogP contribution in [0.2, 0.25) is 0 Å². The first-order valence-corrected chi connectivity index (χ1v) is 5.73. The summed E-state index contributed by atoms with van der Waals surface area (Å²) in [5, 5.41) is 0. The fourth-order valence-electron chi connectivity index (χ4n) is 1.27. The minimum atomic E-state index is -4.26. The Morgan fingerprint density at radius 1 is 1.50 bits per heavy atom. The van der Waals surface area contributed by atoms with Gasteiger partial charge in [0.15, 0.2) is 0 Å². The van der Waals surface area contributed by atoms with E-state index in [-0.39, 0.29) is 5.75 Å². The number of primary amides is 1. The Bertz CT molecular complexity index is 475. The number of carbonyl (C=O) groups is 1. The van der Waals surface area contributed by atoms with Crippen LogP contribution in [0.5, 0.6) is 5.75 Å². The molecule has 0 saturated heterocycles. The van der Waals surface area contributed by atoms with Gasteiger partial charge in [-0.15, -0.1) is 0 Å². The van der Waals surface area contributed by atoms with Gasteiger partial charge in [0.2, 0.25) is 6.29 Å². The quantitative estimate of drug-likeness (QED) is 0.721. The van der Waals surface area contributed by atoms with Gasteiger partial charge in [-0.2, -0.15) is 0 Å². The van der Waals surface area contributed by atoms with Crippen LogP contribution in [0.3, 0.4) is 0 Å². The van der Waals surface area contributed by atoms with Gasteiger partial charge in [-0.05, 0) is 12.1 Å². The van der Waals surface area contributed by atoms with E-state index in [0.717, 1.165) is 0 Å². The SMILES string of the molecule is NC(=O)OC1OP(=O)(O)Oc2ccccc21. The normalized spacial score (nSPS) is 27.7. The Morgan fingerprint density at radius 2 is 2.19 bits per heavy atom. The minimum absolute atomic E-state index is 0.117. The monoisotopic (exact) mass is 245 g/mol. The molecular weight excluding hydrogens is 237 g/mol. The number of ether oxygens (including phenoxy) is 1. The lowest BCUT2D eigenvalue weighted by molar-refractivity contribution is -0.0551. The van der Waals surface area contributed by atoms with Crippen LogP contribution in [-0.2, 0) is 13.8 Å². The van der Waals surface area contributed by atoms with Gasteiger partial charge in [0.05, 0.1) is 5.56 Å². The van der Waals surface area contributed by atoms with Crippen molar-refractivity contribution in [2.45, 2.75) is 6.29 Å². The average molecular weight is 245 g/mol. The van der Waals surface area contributed by atoms with Gasteiger partial charge in [-0.3, -0.25) is 4.89 Å². The number of benzene rings is 1. The molecule has 16 heavy (non-hydrogen) atoms. The van der Waals surface area contributed by atoms with E-state index in [1.807, 2.05) is 0 Å². The summed E-state index contributed by atoms with van der Waals surface area (Å²) < 4.78 is 25.1. The Hall–Kier alpha value is -1.56. The average Bonchev–Trinajstić information content (AvgIpc) is 2.14. The van der Waals surface area contributed by atoms with Crippen molar-refractivity contribution in [2.24, 2.45) is 5.73 Å². The van der Waals surface area contributed by atoms with Gasteiger partial charge >= 0.3 is 13.9 Å². The van der Waals surface area contributed by atoms with E-state index in [2.05, 4.69) is 13.8 Å². The molecule has 2 rings (SSSR count). The zero-order valence-corrected chi connectivity index (χ0v) is 8.79. The molecule has 0 radical (unpaired) electrons. The fourth-order valence-corrected chi connectivity index (χ4v) is 2.13. The number of nitrogens with two attached hydrogens (primary N) is 1. The van der Waals surface area contributed by atoms with Crippen LogP contribution >= 0.6 is 7.82 Å². The van der Waals surface area contributed by atoms with E-state index in [4.69, 9.17) is 5.73 Å². The molecule has 1 aromatic rings. The van der Waals surface area contributed by atoms with E-state index in [0.29, 0.717) is 5.56 Å². The Kier molecular flexibility index (Phi) is 2.59. The molecule has 2 unspecified atom stereocenters. The predicted octanol–water partition coefficient (Wildman–Crippen LogP) is 1.29. The van der Waals surface area contributed by atoms with Gasteiger partial charge < -0.3 is 15.0 Å². The second kappa shape index (κ2) is 3.79. The first kappa shape index (κ1) is 10.9. The van der Waals surface area contributed by atoms with Crippen LogP contribution in [0.4, 0.5) is 4.79 Å². The van der Waals surface area contributed by atoms with Gasteiger partial charge in [0.25, 0.3) is 0 Å². The molecule has 0 bridgehead atoms. The zero-order chi connectivity index (χ0) is 11.8. The van der Waals surface area contributed by atoms with Crippen LogP contribution < -0.4 is 10.3 Å². The lowest BCUT2D eigenvalue weighted by Gasteiger charge is -2.27. The molecule has 0 aromatic heterocycles. The molecule has 0 aliphatic carbocycles. The van der Waals surface area contributed by atoms with Crippen molar-refractivity contribution in [3.8, 4) is 5.75 Å². The molecule has 1 aliphatic heterocycles. The third-order valence-electron chi connectivity index (χ3n) is 1.84. The molecule has 86 valence electrons. The van der Waals surface area contributed by atoms with Gasteiger partial charge in [0, 0.05) is 0 Å². The van der Waals surface area contributed by atoms with Crippen LogP contribution in [-0.4, -0.2) is 11.0 Å². The lowest BCUT2D eigenvalue weighted by Crippen LogP contribution is -2.22. The number of rotatable bonds is 1. The zero-order valence-electron chi connectivity index (χ0n) is 7.90. The highest BCUT2D eigenvalue weighted by atomic mass is 31.2. The number of phosphoric acid groups is 1. The molecule has 8 heteroatoms. The van der Waals surface area contributed by atoms with E-state index in [9.17, 15) is 14.3 Å². The lowest BCUT2D eigenvalue weighted by atomic mass is 10.2. The first-order valence-electron chi connectivity index (χ1n) is 4.24. The second-order valence-corrected chi connectivity index (χ2v) is 4.30. The van der Waals surface area contributed by atoms with Crippen LogP contribution in [0.1, 0.15) is 11.9 Å². The number of hydrogen-bond donors (Lipinski definition) is 2. The standard InChI is InChI=1S/C8H8NO6P/c9-8(10)13-7-5-3-1-2-4-6(5)14-16(11,12)15-7/h1-4,7H,(H2,9,10)(H,11,12). The van der Waals surface area contributed by atoms with Crippen LogP contribution in [0, 0.1) is 0 Å². The van der Waals surface area contributed by atoms with E-state index in [1.54, 1.807) is 12.1 Å². The summed E-state index contributed by atoms with van der Waals surface area (Å²) in [6.07, 6.45) is -2.44. The summed E-state index contributed by atoms with van der Waals surface area (Å²) in [5.74, 6) is 0.117. The summed E-state index contributed by atoms with van der Waals surface area (Å²) in [6.45, 7) is 0. The molecule has 1 amide bonds. The van der Waals surface area contributed by atoms with Crippen LogP contribution in [0.25, 0.3) is 0 Å². The number of para-hydroxylation sites is 1. The predicted molar refractivity (Wildman–Crippen MR) is 51.4 cm³/mol. The molecular formula is C8H8NO6P. The number of phosphoric ester groups is 1. The third-order valence-corrected chi connectivity index (χ3v) is 2.72. The minimum Gasteiger partial charge on any atom is -0.415 e. The number of amides is 1. The highest BCUT2D eigenvalue weighted by Gasteiger charge is 2.38. The van der Waals surface area contributed by atoms with Crippen molar-refractivity contribution < 1.29 is 28.0 Å². The molecule has 0 spiro atoms. The maximum absolute atomic E-state index is 11.3.